The van der Waals surface area contributed by atoms with Gasteiger partial charge in [-0.25, -0.2) is 9.78 Å². The van der Waals surface area contributed by atoms with Gasteiger partial charge in [0.05, 0.1) is 22.9 Å². The standard InChI is InChI=1S/C19H16F3NO3S.C4H3NO2S/c20-19(21,22)14-3-1-2-12(10-14)8-9-26-15-6-4-13(5-7-15)11-16-17(24)23-18(25)27-16;6-4(7)3-1-8-2-5-3/h1-7,10,16H,8-9,11H2,(H,23,24,25);1-2H,(H,6,7). The molecule has 12 heteroatoms. The van der Waals surface area contributed by atoms with Crippen molar-refractivity contribution in [2.75, 3.05) is 6.61 Å². The maximum atomic E-state index is 12.7. The lowest BCUT2D eigenvalue weighted by Gasteiger charge is -2.10. The number of hydrogen-bond donors (Lipinski definition) is 2. The average Bonchev–Trinajstić information content (AvgIpc) is 3.45. The van der Waals surface area contributed by atoms with E-state index in [2.05, 4.69) is 10.3 Å². The maximum absolute atomic E-state index is 12.7. The van der Waals surface area contributed by atoms with Crippen molar-refractivity contribution >= 4 is 40.2 Å². The Kier molecular flexibility index (Phi) is 8.88. The molecule has 3 aromatic rings. The molecular weight excluding hydrogens is 505 g/mol. The molecule has 1 unspecified atom stereocenters. The number of nitrogens with one attached hydrogen (secondary N) is 1. The van der Waals surface area contributed by atoms with E-state index in [1.807, 2.05) is 0 Å². The van der Waals surface area contributed by atoms with Crippen LogP contribution in [0.15, 0.2) is 59.4 Å². The fraction of sp³-hybridized carbons (Fsp3) is 0.217. The van der Waals surface area contributed by atoms with Gasteiger partial charge in [-0.1, -0.05) is 42.1 Å². The summed E-state index contributed by atoms with van der Waals surface area (Å²) in [5, 5.41) is 11.2. The highest BCUT2D eigenvalue weighted by atomic mass is 32.2. The van der Waals surface area contributed by atoms with Gasteiger partial charge in [0.1, 0.15) is 5.75 Å². The van der Waals surface area contributed by atoms with Gasteiger partial charge in [-0.3, -0.25) is 14.9 Å². The Balaban J connectivity index is 0.000000363. The number of carbonyl (C=O) groups is 3. The van der Waals surface area contributed by atoms with E-state index in [-0.39, 0.29) is 23.4 Å². The summed E-state index contributed by atoms with van der Waals surface area (Å²) in [6.07, 6.45) is -3.56. The molecule has 2 heterocycles. The second-order valence-electron chi connectivity index (χ2n) is 7.21. The van der Waals surface area contributed by atoms with Crippen LogP contribution >= 0.6 is 23.1 Å². The highest BCUT2D eigenvalue weighted by Gasteiger charge is 2.31. The van der Waals surface area contributed by atoms with Crippen LogP contribution in [0.1, 0.15) is 27.2 Å². The molecule has 1 saturated heterocycles. The number of thioether (sulfide) groups is 1. The summed E-state index contributed by atoms with van der Waals surface area (Å²) in [6, 6.07) is 12.3. The number of aromatic carboxylic acids is 1. The third-order valence-corrected chi connectivity index (χ3v) is 6.24. The first-order valence-electron chi connectivity index (χ1n) is 10.1. The quantitative estimate of drug-likeness (QED) is 0.445. The molecule has 4 rings (SSSR count). The Morgan fingerprint density at radius 2 is 1.86 bits per heavy atom. The summed E-state index contributed by atoms with van der Waals surface area (Å²) in [4.78, 5) is 36.3. The SMILES string of the molecule is O=C(O)c1cscn1.O=C1NC(=O)C(Cc2ccc(OCCc3cccc(C(F)(F)F)c3)cc2)S1. The molecule has 184 valence electrons. The monoisotopic (exact) mass is 524 g/mol. The van der Waals surface area contributed by atoms with Crippen LogP contribution in [0, 0.1) is 0 Å². The second-order valence-corrected chi connectivity index (χ2v) is 9.10. The minimum Gasteiger partial charge on any atom is -0.493 e. The molecule has 1 aromatic heterocycles. The summed E-state index contributed by atoms with van der Waals surface area (Å²) in [5.74, 6) is -0.664. The topological polar surface area (TPSA) is 106 Å². The van der Waals surface area contributed by atoms with E-state index in [9.17, 15) is 27.6 Å². The zero-order valence-electron chi connectivity index (χ0n) is 17.9. The van der Waals surface area contributed by atoms with Gasteiger partial charge in [-0.15, -0.1) is 11.3 Å². The van der Waals surface area contributed by atoms with Crippen LogP contribution in [0.5, 0.6) is 5.75 Å². The number of ether oxygens (including phenoxy) is 1. The third kappa shape index (κ3) is 8.11. The van der Waals surface area contributed by atoms with E-state index in [0.29, 0.717) is 24.2 Å². The smallest absolute Gasteiger partial charge is 0.416 e. The lowest BCUT2D eigenvalue weighted by molar-refractivity contribution is -0.137. The van der Waals surface area contributed by atoms with Crippen molar-refractivity contribution < 1.29 is 37.4 Å². The lowest BCUT2D eigenvalue weighted by atomic mass is 10.1. The lowest BCUT2D eigenvalue weighted by Crippen LogP contribution is -2.25. The number of carboxylic acid groups (broad SMARTS) is 1. The molecule has 2 aromatic carbocycles. The van der Waals surface area contributed by atoms with Gasteiger partial charge in [-0.2, -0.15) is 13.2 Å². The number of carboxylic acids is 1. The number of aromatic nitrogens is 1. The number of halogens is 3. The van der Waals surface area contributed by atoms with Crippen molar-refractivity contribution in [3.05, 3.63) is 81.8 Å². The summed E-state index contributed by atoms with van der Waals surface area (Å²) in [6.45, 7) is 0.246. The van der Waals surface area contributed by atoms with Gasteiger partial charge in [0, 0.05) is 11.8 Å². The average molecular weight is 525 g/mol. The van der Waals surface area contributed by atoms with Crippen molar-refractivity contribution in [2.45, 2.75) is 24.3 Å². The van der Waals surface area contributed by atoms with E-state index in [1.165, 1.54) is 28.3 Å². The van der Waals surface area contributed by atoms with E-state index in [4.69, 9.17) is 9.84 Å². The Bertz CT molecular complexity index is 1170. The molecule has 2 N–H and O–H groups in total. The number of thiazole rings is 1. The summed E-state index contributed by atoms with van der Waals surface area (Å²) < 4.78 is 43.7. The molecule has 2 amide bonds. The molecule has 0 bridgehead atoms. The maximum Gasteiger partial charge on any atom is 0.416 e. The van der Waals surface area contributed by atoms with Crippen LogP contribution in [0.25, 0.3) is 0 Å². The fourth-order valence-corrected chi connectivity index (χ4v) is 4.36. The molecule has 35 heavy (non-hydrogen) atoms. The van der Waals surface area contributed by atoms with Crippen LogP contribution < -0.4 is 10.1 Å². The first-order chi connectivity index (χ1) is 16.6. The number of imide groups is 1. The van der Waals surface area contributed by atoms with Gasteiger partial charge in [-0.05, 0) is 35.7 Å². The van der Waals surface area contributed by atoms with E-state index >= 15 is 0 Å². The molecule has 1 fully saturated rings. The Labute approximate surface area is 206 Å². The number of amides is 2. The van der Waals surface area contributed by atoms with Gasteiger partial charge >= 0.3 is 12.1 Å². The van der Waals surface area contributed by atoms with Gasteiger partial charge in [0.2, 0.25) is 5.91 Å². The number of benzene rings is 2. The van der Waals surface area contributed by atoms with Crippen LogP contribution in [-0.4, -0.2) is 39.1 Å². The molecule has 1 aliphatic heterocycles. The highest BCUT2D eigenvalue weighted by Crippen LogP contribution is 2.29. The number of rotatable bonds is 7. The normalized spacial score (nSPS) is 15.2. The van der Waals surface area contributed by atoms with E-state index in [0.717, 1.165) is 29.5 Å². The molecule has 7 nitrogen and oxygen atoms in total. The van der Waals surface area contributed by atoms with Crippen LogP contribution in [0.2, 0.25) is 0 Å². The van der Waals surface area contributed by atoms with Crippen LogP contribution in [0.4, 0.5) is 18.0 Å². The van der Waals surface area contributed by atoms with Crippen molar-refractivity contribution in [2.24, 2.45) is 0 Å². The Hall–Kier alpha value is -3.38. The Morgan fingerprint density at radius 1 is 1.11 bits per heavy atom. The van der Waals surface area contributed by atoms with Crippen LogP contribution in [0.3, 0.4) is 0 Å². The highest BCUT2D eigenvalue weighted by molar-refractivity contribution is 8.15. The largest absolute Gasteiger partial charge is 0.493 e. The molecule has 0 spiro atoms. The summed E-state index contributed by atoms with van der Waals surface area (Å²) in [5.41, 5.74) is 2.38. The number of nitrogens with zero attached hydrogens (tertiary/aromatic N) is 1. The number of hydrogen-bond acceptors (Lipinski definition) is 7. The van der Waals surface area contributed by atoms with Gasteiger partial charge in [0.15, 0.2) is 5.69 Å². The molecule has 1 atom stereocenters. The Morgan fingerprint density at radius 3 is 2.40 bits per heavy atom. The zero-order chi connectivity index (χ0) is 25.4. The third-order valence-electron chi connectivity index (χ3n) is 4.68. The fourth-order valence-electron chi connectivity index (χ4n) is 2.97. The molecular formula is C23H19F3N2O5S2. The van der Waals surface area contributed by atoms with Crippen molar-refractivity contribution in [1.29, 1.82) is 0 Å². The molecule has 1 aliphatic rings. The zero-order valence-corrected chi connectivity index (χ0v) is 19.6. The molecule has 0 aliphatic carbocycles. The second kappa shape index (κ2) is 11.8. The van der Waals surface area contributed by atoms with Crippen molar-refractivity contribution in [3.8, 4) is 5.75 Å². The number of carbonyl (C=O) groups excluding carboxylic acids is 2. The predicted molar refractivity (Wildman–Crippen MR) is 125 cm³/mol. The van der Waals surface area contributed by atoms with E-state index < -0.39 is 23.0 Å². The first-order valence-corrected chi connectivity index (χ1v) is 11.9. The summed E-state index contributed by atoms with van der Waals surface area (Å²) >= 11 is 2.25. The number of alkyl halides is 3. The first kappa shape index (κ1) is 26.2. The van der Waals surface area contributed by atoms with Crippen molar-refractivity contribution in [3.63, 3.8) is 0 Å². The minimum atomic E-state index is -4.36. The van der Waals surface area contributed by atoms with E-state index in [1.54, 1.807) is 30.3 Å². The van der Waals surface area contributed by atoms with Crippen molar-refractivity contribution in [1.82, 2.24) is 10.3 Å². The van der Waals surface area contributed by atoms with Gasteiger partial charge in [0.25, 0.3) is 5.24 Å². The van der Waals surface area contributed by atoms with Gasteiger partial charge < -0.3 is 9.84 Å². The molecule has 0 saturated carbocycles. The predicted octanol–water partition coefficient (Wildman–Crippen LogP) is 5.06. The summed E-state index contributed by atoms with van der Waals surface area (Å²) in [7, 11) is 0. The minimum absolute atomic E-state index is 0.120. The van der Waals surface area contributed by atoms with Crippen LogP contribution in [-0.2, 0) is 23.8 Å². The molecule has 0 radical (unpaired) electrons.